The van der Waals surface area contributed by atoms with Gasteiger partial charge in [0, 0.05) is 25.6 Å². The lowest BCUT2D eigenvalue weighted by atomic mass is 9.79. The first-order valence-electron chi connectivity index (χ1n) is 9.61. The van der Waals surface area contributed by atoms with Crippen molar-refractivity contribution in [3.63, 3.8) is 0 Å². The van der Waals surface area contributed by atoms with E-state index in [1.165, 1.54) is 17.7 Å². The van der Waals surface area contributed by atoms with Crippen molar-refractivity contribution in [1.29, 1.82) is 0 Å². The van der Waals surface area contributed by atoms with Gasteiger partial charge in [0.05, 0.1) is 11.3 Å². The van der Waals surface area contributed by atoms with Gasteiger partial charge in [0.25, 0.3) is 0 Å². The van der Waals surface area contributed by atoms with E-state index in [2.05, 4.69) is 17.0 Å². The molecule has 1 saturated heterocycles. The van der Waals surface area contributed by atoms with E-state index in [0.717, 1.165) is 12.1 Å². The minimum Gasteiger partial charge on any atom is -0.460 e. The number of carbonyl (C=O) groups is 1. The van der Waals surface area contributed by atoms with E-state index in [1.807, 2.05) is 39.0 Å². The number of hydrogen-bond donors (Lipinski definition) is 0. The molecule has 3 atom stereocenters. The lowest BCUT2D eigenvalue weighted by Crippen LogP contribution is -2.49. The normalized spacial score (nSPS) is 23.4. The van der Waals surface area contributed by atoms with E-state index < -0.39 is 11.5 Å². The predicted molar refractivity (Wildman–Crippen MR) is 110 cm³/mol. The average molecular weight is 404 g/mol. The zero-order valence-corrected chi connectivity index (χ0v) is 17.3. The maximum Gasteiger partial charge on any atom is 0.311 e. The Kier molecular flexibility index (Phi) is 6.41. The number of carbonyl (C=O) groups excluding carboxylic acids is 1. The Morgan fingerprint density at radius 1 is 1.11 bits per heavy atom. The van der Waals surface area contributed by atoms with Crippen LogP contribution in [-0.4, -0.2) is 34.9 Å². The van der Waals surface area contributed by atoms with E-state index >= 15 is 0 Å². The summed E-state index contributed by atoms with van der Waals surface area (Å²) in [5.74, 6) is -1.19. The smallest absolute Gasteiger partial charge is 0.311 e. The first-order valence-corrected chi connectivity index (χ1v) is 10.1. The molecule has 0 spiro atoms. The molecule has 3 rings (SSSR count). The Hall–Kier alpha value is -1.91. The Morgan fingerprint density at radius 3 is 2.36 bits per heavy atom. The summed E-state index contributed by atoms with van der Waals surface area (Å²) in [6.07, 6.45) is 0. The predicted octanol–water partition coefficient (Wildman–Crippen LogP) is 4.99. The zero-order chi connectivity index (χ0) is 20.3. The van der Waals surface area contributed by atoms with Crippen molar-refractivity contribution in [3.05, 3.63) is 71.5 Å². The van der Waals surface area contributed by atoms with E-state index in [9.17, 15) is 9.18 Å². The highest BCUT2D eigenvalue weighted by molar-refractivity contribution is 6.21. The molecule has 0 amide bonds. The molecule has 0 unspecified atom stereocenters. The highest BCUT2D eigenvalue weighted by Crippen LogP contribution is 2.38. The summed E-state index contributed by atoms with van der Waals surface area (Å²) < 4.78 is 19.1. The molecule has 3 nitrogen and oxygen atoms in total. The van der Waals surface area contributed by atoms with Gasteiger partial charge in [-0.3, -0.25) is 9.69 Å². The number of esters is 1. The van der Waals surface area contributed by atoms with Crippen LogP contribution in [0.15, 0.2) is 54.6 Å². The topological polar surface area (TPSA) is 29.5 Å². The third kappa shape index (κ3) is 5.33. The number of likely N-dealkylation sites (tertiary alicyclic amines) is 1. The highest BCUT2D eigenvalue weighted by atomic mass is 35.5. The van der Waals surface area contributed by atoms with Crippen molar-refractivity contribution >= 4 is 17.6 Å². The van der Waals surface area contributed by atoms with Gasteiger partial charge in [-0.05, 0) is 44.0 Å². The summed E-state index contributed by atoms with van der Waals surface area (Å²) in [7, 11) is 0. The molecule has 0 aromatic heterocycles. The summed E-state index contributed by atoms with van der Waals surface area (Å²) in [5.41, 5.74) is 1.47. The fourth-order valence-corrected chi connectivity index (χ4v) is 4.29. The summed E-state index contributed by atoms with van der Waals surface area (Å²) in [6.45, 7) is 7.51. The molecule has 0 radical (unpaired) electrons. The monoisotopic (exact) mass is 403 g/mol. The number of rotatable bonds is 4. The summed E-state index contributed by atoms with van der Waals surface area (Å²) >= 11 is 6.78. The summed E-state index contributed by atoms with van der Waals surface area (Å²) in [4.78, 5) is 15.2. The quantitative estimate of drug-likeness (QED) is 0.532. The Morgan fingerprint density at radius 2 is 1.75 bits per heavy atom. The van der Waals surface area contributed by atoms with E-state index in [4.69, 9.17) is 16.3 Å². The van der Waals surface area contributed by atoms with Crippen LogP contribution in [0.4, 0.5) is 4.39 Å². The molecule has 28 heavy (non-hydrogen) atoms. The number of nitrogens with zero attached hydrogens (tertiary/aromatic N) is 1. The Balaban J connectivity index is 1.86. The molecule has 0 saturated carbocycles. The highest BCUT2D eigenvalue weighted by Gasteiger charge is 2.42. The van der Waals surface area contributed by atoms with Gasteiger partial charge in [0.2, 0.25) is 0 Å². The second-order valence-electron chi connectivity index (χ2n) is 8.41. The van der Waals surface area contributed by atoms with Gasteiger partial charge in [-0.1, -0.05) is 42.5 Å². The maximum absolute atomic E-state index is 13.4. The molecular weight excluding hydrogens is 377 g/mol. The summed E-state index contributed by atoms with van der Waals surface area (Å²) in [6, 6.07) is 16.4. The molecule has 1 aliphatic heterocycles. The molecule has 1 heterocycles. The van der Waals surface area contributed by atoms with Gasteiger partial charge in [0.15, 0.2) is 0 Å². The zero-order valence-electron chi connectivity index (χ0n) is 16.6. The SMILES string of the molecule is CC(C)(C)OC(=O)[C@@H]1CN(Cc2ccccc2)C[C@H](Cl)[C@H]1c1ccc(F)cc1. The molecule has 0 N–H and O–H groups in total. The average Bonchev–Trinajstić information content (AvgIpc) is 2.62. The van der Waals surface area contributed by atoms with Gasteiger partial charge in [-0.2, -0.15) is 0 Å². The van der Waals surface area contributed by atoms with Crippen LogP contribution in [0.3, 0.4) is 0 Å². The molecule has 1 fully saturated rings. The number of halogens is 2. The first kappa shape index (κ1) is 20.8. The van der Waals surface area contributed by atoms with Crippen LogP contribution in [0, 0.1) is 11.7 Å². The molecule has 2 aromatic carbocycles. The van der Waals surface area contributed by atoms with Gasteiger partial charge in [0.1, 0.15) is 11.4 Å². The van der Waals surface area contributed by atoms with Gasteiger partial charge in [-0.15, -0.1) is 11.6 Å². The van der Waals surface area contributed by atoms with Gasteiger partial charge >= 0.3 is 5.97 Å². The Bertz CT molecular complexity index is 788. The van der Waals surface area contributed by atoms with Crippen LogP contribution >= 0.6 is 11.6 Å². The van der Waals surface area contributed by atoms with Crippen LogP contribution in [-0.2, 0) is 16.1 Å². The van der Waals surface area contributed by atoms with E-state index in [1.54, 1.807) is 12.1 Å². The van der Waals surface area contributed by atoms with Crippen LogP contribution < -0.4 is 0 Å². The number of piperidine rings is 1. The van der Waals surface area contributed by atoms with Crippen molar-refractivity contribution in [2.75, 3.05) is 13.1 Å². The third-order valence-electron chi connectivity index (χ3n) is 4.92. The minimum atomic E-state index is -0.575. The molecule has 2 aromatic rings. The fourth-order valence-electron chi connectivity index (χ4n) is 3.77. The molecule has 150 valence electrons. The van der Waals surface area contributed by atoms with Crippen molar-refractivity contribution in [2.45, 2.75) is 44.2 Å². The van der Waals surface area contributed by atoms with Gasteiger partial charge in [-0.25, -0.2) is 4.39 Å². The number of hydrogen-bond acceptors (Lipinski definition) is 3. The maximum atomic E-state index is 13.4. The molecular formula is C23H27ClFNO2. The largest absolute Gasteiger partial charge is 0.460 e. The van der Waals surface area contributed by atoms with Crippen molar-refractivity contribution in [2.24, 2.45) is 5.92 Å². The van der Waals surface area contributed by atoms with Crippen molar-refractivity contribution < 1.29 is 13.9 Å². The van der Waals surface area contributed by atoms with Crippen LogP contribution in [0.1, 0.15) is 37.8 Å². The van der Waals surface area contributed by atoms with Crippen molar-refractivity contribution in [1.82, 2.24) is 4.90 Å². The minimum absolute atomic E-state index is 0.218. The third-order valence-corrected chi connectivity index (χ3v) is 5.33. The molecule has 0 bridgehead atoms. The second-order valence-corrected chi connectivity index (χ2v) is 8.97. The van der Waals surface area contributed by atoms with Crippen LogP contribution in [0.25, 0.3) is 0 Å². The number of alkyl halides is 1. The van der Waals surface area contributed by atoms with Gasteiger partial charge < -0.3 is 4.74 Å². The summed E-state index contributed by atoms with van der Waals surface area (Å²) in [5, 5.41) is -0.277. The van der Waals surface area contributed by atoms with E-state index in [0.29, 0.717) is 13.1 Å². The standard InChI is InChI=1S/C23H27ClFNO2/c1-23(2,3)28-22(27)19-14-26(13-16-7-5-4-6-8-16)15-20(24)21(19)17-9-11-18(25)12-10-17/h4-12,19-21H,13-15H2,1-3H3/t19-,20+,21+/m1/s1. The van der Waals surface area contributed by atoms with Crippen molar-refractivity contribution in [3.8, 4) is 0 Å². The number of benzene rings is 2. The second kappa shape index (κ2) is 8.62. The molecule has 0 aliphatic carbocycles. The lowest BCUT2D eigenvalue weighted by molar-refractivity contribution is -0.162. The number of ether oxygens (including phenoxy) is 1. The first-order chi connectivity index (χ1) is 13.2. The Labute approximate surface area is 171 Å². The van der Waals surface area contributed by atoms with Crippen LogP contribution in [0.5, 0.6) is 0 Å². The fraction of sp³-hybridized carbons (Fsp3) is 0.435. The molecule has 1 aliphatic rings. The lowest BCUT2D eigenvalue weighted by Gasteiger charge is -2.41. The van der Waals surface area contributed by atoms with E-state index in [-0.39, 0.29) is 23.1 Å². The van der Waals surface area contributed by atoms with Crippen LogP contribution in [0.2, 0.25) is 0 Å². The molecule has 5 heteroatoms.